The molecule has 0 saturated carbocycles. The first-order valence-electron chi connectivity index (χ1n) is 4.22. The monoisotopic (exact) mass is 213 g/mol. The number of nitrogens with zero attached hydrogens (tertiary/aromatic N) is 1. The van der Waals surface area contributed by atoms with E-state index in [1.807, 2.05) is 0 Å². The van der Waals surface area contributed by atoms with Crippen LogP contribution < -0.4 is 4.74 Å². The van der Waals surface area contributed by atoms with Crippen LogP contribution in [0.5, 0.6) is 5.75 Å². The summed E-state index contributed by atoms with van der Waals surface area (Å²) in [7, 11) is 0. The molecular formula is C10H9F2NO2. The molecule has 1 rings (SSSR count). The number of ether oxygens (including phenoxy) is 1. The third kappa shape index (κ3) is 3.14. The number of isocyanates is 1. The summed E-state index contributed by atoms with van der Waals surface area (Å²) in [5.74, 6) is 0.0755. The first-order chi connectivity index (χ1) is 7.15. The average Bonchev–Trinajstić information content (AvgIpc) is 2.18. The summed E-state index contributed by atoms with van der Waals surface area (Å²) in [6.45, 7) is -1.25. The van der Waals surface area contributed by atoms with E-state index in [9.17, 15) is 13.6 Å². The van der Waals surface area contributed by atoms with Crippen molar-refractivity contribution >= 4 is 6.08 Å². The van der Waals surface area contributed by atoms with Crippen molar-refractivity contribution in [2.24, 2.45) is 4.99 Å². The lowest BCUT2D eigenvalue weighted by Crippen LogP contribution is -2.05. The molecule has 0 heterocycles. The number of halogens is 2. The lowest BCUT2D eigenvalue weighted by Gasteiger charge is -2.11. The minimum Gasteiger partial charge on any atom is -0.434 e. The van der Waals surface area contributed by atoms with E-state index in [0.717, 1.165) is 0 Å². The second-order valence-electron chi connectivity index (χ2n) is 2.85. The van der Waals surface area contributed by atoms with Gasteiger partial charge in [0.25, 0.3) is 0 Å². The standard InChI is InChI=1S/C10H9F2NO2/c1-7-3-2-4-8(5-13-6-14)9(7)15-10(11)12/h2-4,10H,5H2,1H3. The van der Waals surface area contributed by atoms with Crippen LogP contribution in [-0.4, -0.2) is 12.7 Å². The number of rotatable bonds is 4. The van der Waals surface area contributed by atoms with E-state index in [-0.39, 0.29) is 12.3 Å². The Morgan fingerprint density at radius 1 is 1.53 bits per heavy atom. The topological polar surface area (TPSA) is 38.7 Å². The van der Waals surface area contributed by atoms with E-state index >= 15 is 0 Å². The number of benzene rings is 1. The second kappa shape index (κ2) is 5.22. The predicted molar refractivity (Wildman–Crippen MR) is 49.6 cm³/mol. The first kappa shape index (κ1) is 11.3. The van der Waals surface area contributed by atoms with Crippen LogP contribution >= 0.6 is 0 Å². The fourth-order valence-corrected chi connectivity index (χ4v) is 1.21. The lowest BCUT2D eigenvalue weighted by molar-refractivity contribution is -0.0508. The molecule has 1 aromatic carbocycles. The molecule has 0 fully saturated rings. The van der Waals surface area contributed by atoms with Gasteiger partial charge in [-0.15, -0.1) is 0 Å². The van der Waals surface area contributed by atoms with Crippen LogP contribution in [0.25, 0.3) is 0 Å². The van der Waals surface area contributed by atoms with Crippen molar-refractivity contribution < 1.29 is 18.3 Å². The number of aliphatic imine (C=N–C) groups is 1. The first-order valence-corrected chi connectivity index (χ1v) is 4.22. The van der Waals surface area contributed by atoms with Crippen molar-refractivity contribution in [3.63, 3.8) is 0 Å². The summed E-state index contributed by atoms with van der Waals surface area (Å²) in [5.41, 5.74) is 1.02. The maximum absolute atomic E-state index is 12.1. The molecule has 0 saturated heterocycles. The fourth-order valence-electron chi connectivity index (χ4n) is 1.21. The van der Waals surface area contributed by atoms with Gasteiger partial charge in [0.2, 0.25) is 6.08 Å². The van der Waals surface area contributed by atoms with Crippen molar-refractivity contribution in [3.05, 3.63) is 29.3 Å². The Balaban J connectivity index is 3.02. The van der Waals surface area contributed by atoms with Crippen molar-refractivity contribution in [1.29, 1.82) is 0 Å². The third-order valence-corrected chi connectivity index (χ3v) is 1.81. The van der Waals surface area contributed by atoms with Gasteiger partial charge in [-0.05, 0) is 12.5 Å². The summed E-state index contributed by atoms with van der Waals surface area (Å²) >= 11 is 0. The van der Waals surface area contributed by atoms with Crippen LogP contribution in [0, 0.1) is 6.92 Å². The number of hydrogen-bond donors (Lipinski definition) is 0. The molecule has 0 aromatic heterocycles. The van der Waals surface area contributed by atoms with E-state index < -0.39 is 6.61 Å². The summed E-state index contributed by atoms with van der Waals surface area (Å²) in [6.07, 6.45) is 1.35. The van der Waals surface area contributed by atoms with Gasteiger partial charge in [0.15, 0.2) is 0 Å². The zero-order valence-electron chi connectivity index (χ0n) is 8.04. The third-order valence-electron chi connectivity index (χ3n) is 1.81. The maximum Gasteiger partial charge on any atom is 0.387 e. The zero-order chi connectivity index (χ0) is 11.3. The summed E-state index contributed by atoms with van der Waals surface area (Å²) in [5, 5.41) is 0. The molecule has 3 nitrogen and oxygen atoms in total. The molecule has 0 aliphatic carbocycles. The molecule has 0 atom stereocenters. The van der Waals surface area contributed by atoms with Gasteiger partial charge in [0.1, 0.15) is 5.75 Å². The number of alkyl halides is 2. The summed E-state index contributed by atoms with van der Waals surface area (Å²) < 4.78 is 28.5. The molecule has 5 heteroatoms. The minimum atomic E-state index is -2.88. The molecule has 0 N–H and O–H groups in total. The van der Waals surface area contributed by atoms with Gasteiger partial charge < -0.3 is 4.74 Å². The number of para-hydroxylation sites is 1. The van der Waals surface area contributed by atoms with Crippen LogP contribution in [0.2, 0.25) is 0 Å². The second-order valence-corrected chi connectivity index (χ2v) is 2.85. The van der Waals surface area contributed by atoms with Crippen LogP contribution in [0.15, 0.2) is 23.2 Å². The highest BCUT2D eigenvalue weighted by Gasteiger charge is 2.11. The molecule has 0 radical (unpaired) electrons. The fraction of sp³-hybridized carbons (Fsp3) is 0.300. The normalized spacial score (nSPS) is 9.87. The van der Waals surface area contributed by atoms with Gasteiger partial charge in [-0.2, -0.15) is 8.78 Å². The largest absolute Gasteiger partial charge is 0.434 e. The lowest BCUT2D eigenvalue weighted by atomic mass is 10.1. The Labute approximate surface area is 85.4 Å². The highest BCUT2D eigenvalue weighted by atomic mass is 19.3. The molecule has 0 bridgehead atoms. The maximum atomic E-state index is 12.1. The van der Waals surface area contributed by atoms with E-state index in [0.29, 0.717) is 11.1 Å². The van der Waals surface area contributed by atoms with Crippen molar-refractivity contribution in [2.45, 2.75) is 20.1 Å². The molecular weight excluding hydrogens is 204 g/mol. The molecule has 0 aliphatic heterocycles. The predicted octanol–water partition coefficient (Wildman–Crippen LogP) is 2.43. The SMILES string of the molecule is Cc1cccc(CN=C=O)c1OC(F)F. The molecule has 15 heavy (non-hydrogen) atoms. The van der Waals surface area contributed by atoms with Crippen LogP contribution in [0.4, 0.5) is 8.78 Å². The van der Waals surface area contributed by atoms with Gasteiger partial charge in [-0.3, -0.25) is 0 Å². The molecule has 0 spiro atoms. The quantitative estimate of drug-likeness (QED) is 0.569. The number of hydrogen-bond acceptors (Lipinski definition) is 3. The van der Waals surface area contributed by atoms with E-state index in [1.54, 1.807) is 25.1 Å². The Kier molecular flexibility index (Phi) is 3.94. The Bertz CT molecular complexity index is 387. The average molecular weight is 213 g/mol. The van der Waals surface area contributed by atoms with Gasteiger partial charge in [-0.25, -0.2) is 9.79 Å². The Morgan fingerprint density at radius 2 is 2.27 bits per heavy atom. The van der Waals surface area contributed by atoms with Gasteiger partial charge in [-0.1, -0.05) is 18.2 Å². The van der Waals surface area contributed by atoms with Crippen LogP contribution in [0.3, 0.4) is 0 Å². The van der Waals surface area contributed by atoms with Crippen molar-refractivity contribution in [1.82, 2.24) is 0 Å². The molecule has 0 unspecified atom stereocenters. The van der Waals surface area contributed by atoms with E-state index in [1.165, 1.54) is 6.08 Å². The molecule has 1 aromatic rings. The number of aryl methyl sites for hydroxylation is 1. The van der Waals surface area contributed by atoms with Gasteiger partial charge in [0.05, 0.1) is 6.54 Å². The molecule has 0 aliphatic rings. The minimum absolute atomic E-state index is 0.00671. The van der Waals surface area contributed by atoms with Crippen molar-refractivity contribution in [2.75, 3.05) is 0 Å². The van der Waals surface area contributed by atoms with E-state index in [2.05, 4.69) is 9.73 Å². The number of carbonyl (C=O) groups excluding carboxylic acids is 1. The highest BCUT2D eigenvalue weighted by Crippen LogP contribution is 2.25. The zero-order valence-corrected chi connectivity index (χ0v) is 8.04. The summed E-state index contributed by atoms with van der Waals surface area (Å²) in [6, 6.07) is 4.90. The molecule has 0 amide bonds. The Morgan fingerprint density at radius 3 is 2.87 bits per heavy atom. The Hall–Kier alpha value is -1.74. The van der Waals surface area contributed by atoms with Crippen LogP contribution in [0.1, 0.15) is 11.1 Å². The highest BCUT2D eigenvalue weighted by molar-refractivity contribution is 5.42. The van der Waals surface area contributed by atoms with Crippen molar-refractivity contribution in [3.8, 4) is 5.75 Å². The van der Waals surface area contributed by atoms with Crippen LogP contribution in [-0.2, 0) is 11.3 Å². The molecule has 80 valence electrons. The van der Waals surface area contributed by atoms with E-state index in [4.69, 9.17) is 0 Å². The van der Waals surface area contributed by atoms with Gasteiger partial charge >= 0.3 is 6.61 Å². The summed E-state index contributed by atoms with van der Waals surface area (Å²) in [4.78, 5) is 13.2. The smallest absolute Gasteiger partial charge is 0.387 e. The van der Waals surface area contributed by atoms with Gasteiger partial charge in [0, 0.05) is 5.56 Å².